The average molecular weight is 341 g/mol. The maximum atomic E-state index is 12.9. The van der Waals surface area contributed by atoms with Gasteiger partial charge < -0.3 is 5.32 Å². The molecule has 2 atom stereocenters. The summed E-state index contributed by atoms with van der Waals surface area (Å²) in [6.07, 6.45) is -3.13. The van der Waals surface area contributed by atoms with E-state index in [2.05, 4.69) is 11.4 Å². The highest BCUT2D eigenvalue weighted by Gasteiger charge is 2.43. The van der Waals surface area contributed by atoms with Crippen LogP contribution in [0.4, 0.5) is 13.2 Å². The van der Waals surface area contributed by atoms with E-state index in [1.54, 1.807) is 0 Å². The van der Waals surface area contributed by atoms with Gasteiger partial charge in [-0.15, -0.1) is 0 Å². The van der Waals surface area contributed by atoms with Crippen molar-refractivity contribution in [3.63, 3.8) is 0 Å². The molecule has 1 aliphatic carbocycles. The summed E-state index contributed by atoms with van der Waals surface area (Å²) in [5.74, 6) is -2.12. The molecule has 0 spiro atoms. The lowest BCUT2D eigenvalue weighted by Gasteiger charge is -2.31. The molecule has 1 amide bonds. The number of benzene rings is 1. The highest BCUT2D eigenvalue weighted by atomic mass is 19.4. The molecule has 0 radical (unpaired) electrons. The Morgan fingerprint density at radius 2 is 1.96 bits per heavy atom. The molecule has 2 unspecified atom stereocenters. The van der Waals surface area contributed by atoms with Crippen molar-refractivity contribution >= 4 is 5.91 Å². The first kappa shape index (κ1) is 18.8. The molecule has 1 aromatic rings. The lowest BCUT2D eigenvalue weighted by atomic mass is 9.80. The largest absolute Gasteiger partial charge is 0.391 e. The van der Waals surface area contributed by atoms with Crippen LogP contribution in [0.1, 0.15) is 50.7 Å². The number of alkyl halides is 3. The van der Waals surface area contributed by atoms with Crippen molar-refractivity contribution in [3.05, 3.63) is 35.4 Å². The van der Waals surface area contributed by atoms with Crippen LogP contribution in [0, 0.1) is 18.8 Å². The van der Waals surface area contributed by atoms with Crippen LogP contribution < -0.4 is 5.32 Å². The van der Waals surface area contributed by atoms with Crippen LogP contribution >= 0.6 is 0 Å². The minimum Gasteiger partial charge on any atom is -0.355 e. The first-order valence-corrected chi connectivity index (χ1v) is 8.51. The summed E-state index contributed by atoms with van der Waals surface area (Å²) in [5.41, 5.74) is 1.99. The molecule has 2 nitrogen and oxygen atoms in total. The molecule has 1 aromatic carbocycles. The molecule has 1 saturated carbocycles. The second kappa shape index (κ2) is 7.16. The molecule has 1 fully saturated rings. The van der Waals surface area contributed by atoms with Crippen LogP contribution in [0.5, 0.6) is 0 Å². The number of hydrogen-bond acceptors (Lipinski definition) is 1. The van der Waals surface area contributed by atoms with E-state index in [4.69, 9.17) is 0 Å². The van der Waals surface area contributed by atoms with Gasteiger partial charge in [0, 0.05) is 17.9 Å². The fourth-order valence-electron chi connectivity index (χ4n) is 3.35. The van der Waals surface area contributed by atoms with Crippen molar-refractivity contribution in [1.29, 1.82) is 0 Å². The van der Waals surface area contributed by atoms with Gasteiger partial charge in [-0.2, -0.15) is 13.2 Å². The molecule has 5 heteroatoms. The zero-order valence-electron chi connectivity index (χ0n) is 14.5. The summed E-state index contributed by atoms with van der Waals surface area (Å²) in [6, 6.07) is 8.08. The average Bonchev–Trinajstić information content (AvgIpc) is 2.52. The Kier molecular flexibility index (Phi) is 5.61. The third kappa shape index (κ3) is 4.74. The second-order valence-electron chi connectivity index (χ2n) is 7.57. The van der Waals surface area contributed by atoms with E-state index in [1.165, 1.54) is 0 Å². The Labute approximate surface area is 141 Å². The summed E-state index contributed by atoms with van der Waals surface area (Å²) in [6.45, 7) is 6.49. The van der Waals surface area contributed by atoms with Gasteiger partial charge in [0.05, 0.1) is 5.92 Å². The number of carbonyl (C=O) groups is 1. The van der Waals surface area contributed by atoms with Crippen molar-refractivity contribution in [2.75, 3.05) is 6.54 Å². The molecule has 134 valence electrons. The van der Waals surface area contributed by atoms with Crippen molar-refractivity contribution in [2.45, 2.75) is 58.0 Å². The van der Waals surface area contributed by atoms with Gasteiger partial charge in [0.2, 0.25) is 5.91 Å². The van der Waals surface area contributed by atoms with E-state index in [-0.39, 0.29) is 24.2 Å². The summed E-state index contributed by atoms with van der Waals surface area (Å²) in [7, 11) is 0. The number of hydrogen-bond donors (Lipinski definition) is 1. The Hall–Kier alpha value is -1.52. The van der Waals surface area contributed by atoms with Gasteiger partial charge in [0.15, 0.2) is 0 Å². The van der Waals surface area contributed by atoms with Crippen LogP contribution in [-0.4, -0.2) is 18.6 Å². The Morgan fingerprint density at radius 1 is 1.25 bits per heavy atom. The third-order valence-electron chi connectivity index (χ3n) is 5.01. The lowest BCUT2D eigenvalue weighted by molar-refractivity contribution is -0.186. The van der Waals surface area contributed by atoms with Crippen LogP contribution in [0.15, 0.2) is 24.3 Å². The zero-order chi connectivity index (χ0) is 18.0. The van der Waals surface area contributed by atoms with Crippen LogP contribution in [-0.2, 0) is 10.2 Å². The molecule has 0 saturated heterocycles. The summed E-state index contributed by atoms with van der Waals surface area (Å²) in [5, 5.41) is 2.88. The lowest BCUT2D eigenvalue weighted by Crippen LogP contribution is -2.42. The summed E-state index contributed by atoms with van der Waals surface area (Å²) < 4.78 is 38.6. The molecule has 2 rings (SSSR count). The maximum absolute atomic E-state index is 12.9. The third-order valence-corrected chi connectivity index (χ3v) is 5.01. The van der Waals surface area contributed by atoms with Crippen LogP contribution in [0.25, 0.3) is 0 Å². The smallest absolute Gasteiger partial charge is 0.355 e. The van der Waals surface area contributed by atoms with Gasteiger partial charge >= 0.3 is 6.18 Å². The van der Waals surface area contributed by atoms with Gasteiger partial charge in [-0.1, -0.05) is 50.1 Å². The van der Waals surface area contributed by atoms with E-state index in [0.29, 0.717) is 19.4 Å². The predicted molar refractivity (Wildman–Crippen MR) is 88.7 cm³/mol. The highest BCUT2D eigenvalue weighted by molar-refractivity contribution is 5.78. The van der Waals surface area contributed by atoms with E-state index in [1.807, 2.05) is 39.0 Å². The van der Waals surface area contributed by atoms with E-state index in [9.17, 15) is 18.0 Å². The monoisotopic (exact) mass is 341 g/mol. The number of amides is 1. The van der Waals surface area contributed by atoms with E-state index >= 15 is 0 Å². The number of rotatable bonds is 4. The predicted octanol–water partition coefficient (Wildman–Crippen LogP) is 4.76. The minimum absolute atomic E-state index is 0.0831. The van der Waals surface area contributed by atoms with Gasteiger partial charge in [-0.3, -0.25) is 4.79 Å². The molecule has 1 N–H and O–H groups in total. The fourth-order valence-corrected chi connectivity index (χ4v) is 3.35. The first-order chi connectivity index (χ1) is 11.1. The standard InChI is InChI=1S/C19H26F3NO/c1-13-6-4-8-15(10-13)18(2,3)12-23-17(24)14-7-5-9-16(11-14)19(20,21)22/h4,6,8,10,14,16H,5,7,9,11-12H2,1-3H3,(H,23,24). The van der Waals surface area contributed by atoms with Gasteiger partial charge in [-0.25, -0.2) is 0 Å². The minimum atomic E-state index is -4.19. The van der Waals surface area contributed by atoms with Crippen molar-refractivity contribution in [3.8, 4) is 0 Å². The van der Waals surface area contributed by atoms with Gasteiger partial charge in [0.25, 0.3) is 0 Å². The topological polar surface area (TPSA) is 29.1 Å². The van der Waals surface area contributed by atoms with Crippen molar-refractivity contribution < 1.29 is 18.0 Å². The molecular formula is C19H26F3NO. The van der Waals surface area contributed by atoms with Crippen LogP contribution in [0.3, 0.4) is 0 Å². The zero-order valence-corrected chi connectivity index (χ0v) is 14.5. The van der Waals surface area contributed by atoms with E-state index in [0.717, 1.165) is 11.1 Å². The molecule has 1 aliphatic rings. The normalized spacial score (nSPS) is 22.2. The van der Waals surface area contributed by atoms with Gasteiger partial charge in [-0.05, 0) is 31.7 Å². The molecule has 0 heterocycles. The Balaban J connectivity index is 1.95. The maximum Gasteiger partial charge on any atom is 0.391 e. The molecule has 0 aliphatic heterocycles. The molecule has 0 bridgehead atoms. The Morgan fingerprint density at radius 3 is 2.58 bits per heavy atom. The van der Waals surface area contributed by atoms with Crippen molar-refractivity contribution in [2.24, 2.45) is 11.8 Å². The number of halogens is 3. The fraction of sp³-hybridized carbons (Fsp3) is 0.632. The van der Waals surface area contributed by atoms with E-state index < -0.39 is 18.0 Å². The second-order valence-corrected chi connectivity index (χ2v) is 7.57. The first-order valence-electron chi connectivity index (χ1n) is 8.51. The number of aryl methyl sites for hydroxylation is 1. The number of nitrogens with one attached hydrogen (secondary N) is 1. The van der Waals surface area contributed by atoms with Crippen LogP contribution in [0.2, 0.25) is 0 Å². The van der Waals surface area contributed by atoms with Crippen molar-refractivity contribution in [1.82, 2.24) is 5.32 Å². The molecule has 0 aromatic heterocycles. The highest BCUT2D eigenvalue weighted by Crippen LogP contribution is 2.40. The summed E-state index contributed by atoms with van der Waals surface area (Å²) in [4.78, 5) is 12.3. The molecule has 24 heavy (non-hydrogen) atoms. The van der Waals surface area contributed by atoms with Gasteiger partial charge in [0.1, 0.15) is 0 Å². The Bertz CT molecular complexity index is 580. The number of carbonyl (C=O) groups excluding carboxylic acids is 1. The molecular weight excluding hydrogens is 315 g/mol. The summed E-state index contributed by atoms with van der Waals surface area (Å²) >= 11 is 0. The SMILES string of the molecule is Cc1cccc(C(C)(C)CNC(=O)C2CCCC(C(F)(F)F)C2)c1. The quantitative estimate of drug-likeness (QED) is 0.841.